The van der Waals surface area contributed by atoms with E-state index in [-0.39, 0.29) is 0 Å². The second kappa shape index (κ2) is 7.58. The van der Waals surface area contributed by atoms with Crippen LogP contribution in [0.25, 0.3) is 0 Å². The normalized spacial score (nSPS) is 10.5. The van der Waals surface area contributed by atoms with Crippen LogP contribution in [0.15, 0.2) is 42.5 Å². The molecule has 0 aliphatic heterocycles. The zero-order valence-electron chi connectivity index (χ0n) is 12.4. The molecule has 0 saturated heterocycles. The van der Waals surface area contributed by atoms with Crippen LogP contribution >= 0.6 is 23.2 Å². The van der Waals surface area contributed by atoms with Gasteiger partial charge in [0.15, 0.2) is 0 Å². The second-order valence-electron chi connectivity index (χ2n) is 4.82. The van der Waals surface area contributed by atoms with Crippen molar-refractivity contribution in [1.29, 1.82) is 0 Å². The van der Waals surface area contributed by atoms with Crippen molar-refractivity contribution < 1.29 is 0 Å². The van der Waals surface area contributed by atoms with Gasteiger partial charge in [-0.15, -0.1) is 0 Å². The Morgan fingerprint density at radius 2 is 1.62 bits per heavy atom. The van der Waals surface area contributed by atoms with Gasteiger partial charge in [-0.2, -0.15) is 0 Å². The summed E-state index contributed by atoms with van der Waals surface area (Å²) >= 11 is 12.1. The van der Waals surface area contributed by atoms with Crippen LogP contribution < -0.4 is 10.2 Å². The molecule has 0 saturated carbocycles. The van der Waals surface area contributed by atoms with Crippen molar-refractivity contribution >= 4 is 34.6 Å². The molecule has 0 atom stereocenters. The van der Waals surface area contributed by atoms with E-state index in [4.69, 9.17) is 23.2 Å². The number of hydrogen-bond donors (Lipinski definition) is 1. The predicted octanol–water partition coefficient (Wildman–Crippen LogP) is 5.45. The molecular weight excluding hydrogens is 303 g/mol. The number of anilines is 2. The van der Waals surface area contributed by atoms with E-state index < -0.39 is 0 Å². The van der Waals surface area contributed by atoms with Gasteiger partial charge in [-0.3, -0.25) is 0 Å². The highest BCUT2D eigenvalue weighted by Gasteiger charge is 2.03. The van der Waals surface area contributed by atoms with E-state index in [1.165, 1.54) is 11.3 Å². The van der Waals surface area contributed by atoms with Crippen LogP contribution in [-0.4, -0.2) is 13.1 Å². The van der Waals surface area contributed by atoms with Gasteiger partial charge < -0.3 is 10.2 Å². The van der Waals surface area contributed by atoms with Crippen molar-refractivity contribution in [2.45, 2.75) is 20.4 Å². The molecule has 0 amide bonds. The lowest BCUT2D eigenvalue weighted by Gasteiger charge is -2.21. The lowest BCUT2D eigenvalue weighted by molar-refractivity contribution is 0.865. The highest BCUT2D eigenvalue weighted by molar-refractivity contribution is 6.35. The van der Waals surface area contributed by atoms with E-state index in [2.05, 4.69) is 48.3 Å². The topological polar surface area (TPSA) is 15.3 Å². The Bertz CT molecular complexity index is 578. The summed E-state index contributed by atoms with van der Waals surface area (Å²) in [4.78, 5) is 2.32. The van der Waals surface area contributed by atoms with E-state index >= 15 is 0 Å². The third-order valence-electron chi connectivity index (χ3n) is 3.48. The fourth-order valence-electron chi connectivity index (χ4n) is 2.24. The average Bonchev–Trinajstić information content (AvgIpc) is 2.51. The van der Waals surface area contributed by atoms with E-state index in [1.807, 2.05) is 6.07 Å². The highest BCUT2D eigenvalue weighted by atomic mass is 35.5. The van der Waals surface area contributed by atoms with Crippen LogP contribution in [0.2, 0.25) is 10.0 Å². The largest absolute Gasteiger partial charge is 0.380 e. The predicted molar refractivity (Wildman–Crippen MR) is 93.8 cm³/mol. The molecule has 21 heavy (non-hydrogen) atoms. The van der Waals surface area contributed by atoms with Crippen molar-refractivity contribution in [2.24, 2.45) is 0 Å². The lowest BCUT2D eigenvalue weighted by Crippen LogP contribution is -2.21. The Kier molecular flexibility index (Phi) is 5.77. The number of rotatable bonds is 6. The van der Waals surface area contributed by atoms with E-state index in [0.717, 1.165) is 25.3 Å². The molecule has 0 fully saturated rings. The Labute approximate surface area is 136 Å². The Morgan fingerprint density at radius 1 is 0.952 bits per heavy atom. The van der Waals surface area contributed by atoms with Crippen LogP contribution in [-0.2, 0) is 6.54 Å². The Balaban J connectivity index is 2.02. The minimum Gasteiger partial charge on any atom is -0.380 e. The maximum Gasteiger partial charge on any atom is 0.0638 e. The maximum atomic E-state index is 6.14. The molecule has 112 valence electrons. The Hall–Kier alpha value is -1.38. The van der Waals surface area contributed by atoms with Gasteiger partial charge in [-0.25, -0.2) is 0 Å². The molecule has 2 aromatic rings. The minimum atomic E-state index is 0.679. The summed E-state index contributed by atoms with van der Waals surface area (Å²) in [6.07, 6.45) is 0. The molecule has 0 heterocycles. The van der Waals surface area contributed by atoms with Crippen LogP contribution in [0.1, 0.15) is 19.4 Å². The first kappa shape index (κ1) is 16.0. The van der Waals surface area contributed by atoms with Gasteiger partial charge in [-0.05, 0) is 49.7 Å². The van der Waals surface area contributed by atoms with Crippen LogP contribution in [0.4, 0.5) is 11.4 Å². The number of nitrogens with one attached hydrogen (secondary N) is 1. The average molecular weight is 323 g/mol. The minimum absolute atomic E-state index is 0.679. The molecule has 0 spiro atoms. The number of nitrogens with zero attached hydrogens (tertiary/aromatic N) is 1. The van der Waals surface area contributed by atoms with Gasteiger partial charge >= 0.3 is 0 Å². The second-order valence-corrected chi connectivity index (χ2v) is 5.66. The first-order valence-electron chi connectivity index (χ1n) is 7.16. The molecule has 0 aliphatic carbocycles. The molecule has 2 rings (SSSR count). The van der Waals surface area contributed by atoms with Gasteiger partial charge in [0, 0.05) is 30.3 Å². The van der Waals surface area contributed by atoms with Crippen molar-refractivity contribution in [3.8, 4) is 0 Å². The van der Waals surface area contributed by atoms with E-state index in [1.54, 1.807) is 12.1 Å². The van der Waals surface area contributed by atoms with Crippen molar-refractivity contribution in [3.63, 3.8) is 0 Å². The number of benzene rings is 2. The standard InChI is InChI=1S/C17H20Cl2N2/c1-3-21(4-2)15-8-5-13(6-9-15)12-20-17-11-14(18)7-10-16(17)19/h5-11,20H,3-4,12H2,1-2H3. The molecule has 2 aromatic carbocycles. The van der Waals surface area contributed by atoms with E-state index in [9.17, 15) is 0 Å². The molecule has 0 aromatic heterocycles. The molecule has 4 heteroatoms. The van der Waals surface area contributed by atoms with Crippen molar-refractivity contribution in [1.82, 2.24) is 0 Å². The lowest BCUT2D eigenvalue weighted by atomic mass is 10.2. The zero-order valence-corrected chi connectivity index (χ0v) is 13.9. The molecular formula is C17H20Cl2N2. The van der Waals surface area contributed by atoms with Gasteiger partial charge in [0.25, 0.3) is 0 Å². The monoisotopic (exact) mass is 322 g/mol. The fraction of sp³-hybridized carbons (Fsp3) is 0.294. The summed E-state index contributed by atoms with van der Waals surface area (Å²) in [7, 11) is 0. The van der Waals surface area contributed by atoms with Gasteiger partial charge in [0.1, 0.15) is 0 Å². The van der Waals surface area contributed by atoms with E-state index in [0.29, 0.717) is 10.0 Å². The highest BCUT2D eigenvalue weighted by Crippen LogP contribution is 2.26. The fourth-order valence-corrected chi connectivity index (χ4v) is 2.60. The molecule has 0 unspecified atom stereocenters. The maximum absolute atomic E-state index is 6.14. The SMILES string of the molecule is CCN(CC)c1ccc(CNc2cc(Cl)ccc2Cl)cc1. The third-order valence-corrected chi connectivity index (χ3v) is 4.04. The number of halogens is 2. The quantitative estimate of drug-likeness (QED) is 0.760. The first-order valence-corrected chi connectivity index (χ1v) is 7.92. The summed E-state index contributed by atoms with van der Waals surface area (Å²) in [6, 6.07) is 14.0. The molecule has 1 N–H and O–H groups in total. The first-order chi connectivity index (χ1) is 10.1. The summed E-state index contributed by atoms with van der Waals surface area (Å²) in [6.45, 7) is 7.09. The molecule has 2 nitrogen and oxygen atoms in total. The van der Waals surface area contributed by atoms with Gasteiger partial charge in [0.2, 0.25) is 0 Å². The van der Waals surface area contributed by atoms with Crippen LogP contribution in [0.5, 0.6) is 0 Å². The van der Waals surface area contributed by atoms with Gasteiger partial charge in [-0.1, -0.05) is 35.3 Å². The summed E-state index contributed by atoms with van der Waals surface area (Å²) in [5.74, 6) is 0. The third kappa shape index (κ3) is 4.29. The zero-order chi connectivity index (χ0) is 15.2. The summed E-state index contributed by atoms with van der Waals surface area (Å²) < 4.78 is 0. The van der Waals surface area contributed by atoms with Crippen LogP contribution in [0, 0.1) is 0 Å². The number of hydrogen-bond acceptors (Lipinski definition) is 2. The Morgan fingerprint density at radius 3 is 2.24 bits per heavy atom. The van der Waals surface area contributed by atoms with Crippen molar-refractivity contribution in [2.75, 3.05) is 23.3 Å². The van der Waals surface area contributed by atoms with Gasteiger partial charge in [0.05, 0.1) is 10.7 Å². The summed E-state index contributed by atoms with van der Waals surface area (Å²) in [5, 5.41) is 4.68. The molecule has 0 aliphatic rings. The summed E-state index contributed by atoms with van der Waals surface area (Å²) in [5.41, 5.74) is 3.32. The molecule has 0 bridgehead atoms. The van der Waals surface area contributed by atoms with Crippen molar-refractivity contribution in [3.05, 3.63) is 58.1 Å². The van der Waals surface area contributed by atoms with Crippen LogP contribution in [0.3, 0.4) is 0 Å². The molecule has 0 radical (unpaired) electrons. The smallest absolute Gasteiger partial charge is 0.0638 e.